The average molecular weight is 301 g/mol. The van der Waals surface area contributed by atoms with E-state index in [2.05, 4.69) is 5.32 Å². The van der Waals surface area contributed by atoms with Gasteiger partial charge in [-0.25, -0.2) is 0 Å². The minimum atomic E-state index is -4.33. The highest BCUT2D eigenvalue weighted by Crippen LogP contribution is 2.29. The fourth-order valence-electron chi connectivity index (χ4n) is 2.31. The van der Waals surface area contributed by atoms with E-state index < -0.39 is 11.7 Å². The van der Waals surface area contributed by atoms with Crippen LogP contribution in [-0.4, -0.2) is 19.1 Å². The Morgan fingerprint density at radius 1 is 1.29 bits per heavy atom. The monoisotopic (exact) mass is 301 g/mol. The molecule has 1 fully saturated rings. The molecule has 6 heteroatoms. The van der Waals surface area contributed by atoms with Gasteiger partial charge in [0.2, 0.25) is 5.91 Å². The van der Waals surface area contributed by atoms with Crippen LogP contribution >= 0.6 is 0 Å². The standard InChI is InChI=1S/C15H18F3NO2/c16-15(17,18)13-5-3-11(4-6-13)9-19-14(20)8-12-2-1-7-21-10-12/h3-6,12H,1-2,7-10H2,(H,19,20)/t12-/m0/s1. The number of carbonyl (C=O) groups excluding carboxylic acids is 1. The van der Waals surface area contributed by atoms with Crippen LogP contribution in [0.5, 0.6) is 0 Å². The molecule has 0 bridgehead atoms. The number of hydrogen-bond donors (Lipinski definition) is 1. The van der Waals surface area contributed by atoms with E-state index in [0.29, 0.717) is 18.6 Å². The van der Waals surface area contributed by atoms with Crippen LogP contribution in [-0.2, 0) is 22.3 Å². The molecule has 2 rings (SSSR count). The lowest BCUT2D eigenvalue weighted by atomic mass is 9.98. The zero-order valence-electron chi connectivity index (χ0n) is 11.6. The van der Waals surface area contributed by atoms with Gasteiger partial charge in [-0.3, -0.25) is 4.79 Å². The summed E-state index contributed by atoms with van der Waals surface area (Å²) in [6, 6.07) is 4.81. The van der Waals surface area contributed by atoms with Gasteiger partial charge in [-0.15, -0.1) is 0 Å². The summed E-state index contributed by atoms with van der Waals surface area (Å²) in [5.41, 5.74) is -0.0341. The molecular formula is C15H18F3NO2. The number of carbonyl (C=O) groups is 1. The molecule has 0 radical (unpaired) electrons. The van der Waals surface area contributed by atoms with Gasteiger partial charge in [-0.05, 0) is 36.5 Å². The van der Waals surface area contributed by atoms with Crippen molar-refractivity contribution in [3.63, 3.8) is 0 Å². The first-order chi connectivity index (χ1) is 9.95. The molecule has 1 amide bonds. The summed E-state index contributed by atoms with van der Waals surface area (Å²) in [6.07, 6.45) is -1.98. The van der Waals surface area contributed by atoms with E-state index in [-0.39, 0.29) is 18.4 Å². The third kappa shape index (κ3) is 5.04. The molecular weight excluding hydrogens is 283 g/mol. The Kier molecular flexibility index (Phi) is 5.22. The SMILES string of the molecule is O=C(C[C@@H]1CCCOC1)NCc1ccc(C(F)(F)F)cc1. The number of benzene rings is 1. The van der Waals surface area contributed by atoms with Crippen LogP contribution in [0.15, 0.2) is 24.3 Å². The van der Waals surface area contributed by atoms with Crippen molar-refractivity contribution >= 4 is 5.91 Å². The van der Waals surface area contributed by atoms with Crippen molar-refractivity contribution in [1.82, 2.24) is 5.32 Å². The second-order valence-electron chi connectivity index (χ2n) is 5.26. The Morgan fingerprint density at radius 3 is 2.57 bits per heavy atom. The predicted octanol–water partition coefficient (Wildman–Crippen LogP) is 3.14. The molecule has 1 aliphatic heterocycles. The van der Waals surface area contributed by atoms with E-state index in [0.717, 1.165) is 31.6 Å². The number of ether oxygens (including phenoxy) is 1. The molecule has 1 aromatic rings. The minimum absolute atomic E-state index is 0.0922. The molecule has 1 aromatic carbocycles. The lowest BCUT2D eigenvalue weighted by molar-refractivity contribution is -0.137. The van der Waals surface area contributed by atoms with Gasteiger partial charge in [0.25, 0.3) is 0 Å². The fraction of sp³-hybridized carbons (Fsp3) is 0.533. The van der Waals surface area contributed by atoms with E-state index in [1.807, 2.05) is 0 Å². The molecule has 0 spiro atoms. The summed E-state index contributed by atoms with van der Waals surface area (Å²) in [6.45, 7) is 1.60. The van der Waals surface area contributed by atoms with Crippen molar-refractivity contribution in [3.8, 4) is 0 Å². The van der Waals surface area contributed by atoms with Crippen molar-refractivity contribution < 1.29 is 22.7 Å². The number of amides is 1. The lowest BCUT2D eigenvalue weighted by Crippen LogP contribution is -2.28. The maximum atomic E-state index is 12.4. The Hall–Kier alpha value is -1.56. The molecule has 1 saturated heterocycles. The van der Waals surface area contributed by atoms with Gasteiger partial charge in [-0.1, -0.05) is 12.1 Å². The molecule has 1 heterocycles. The summed E-state index contributed by atoms with van der Waals surface area (Å²) in [5.74, 6) is 0.150. The lowest BCUT2D eigenvalue weighted by Gasteiger charge is -2.21. The van der Waals surface area contributed by atoms with Crippen molar-refractivity contribution in [2.75, 3.05) is 13.2 Å². The zero-order valence-corrected chi connectivity index (χ0v) is 11.6. The van der Waals surface area contributed by atoms with Crippen LogP contribution < -0.4 is 5.32 Å². The van der Waals surface area contributed by atoms with E-state index >= 15 is 0 Å². The highest BCUT2D eigenvalue weighted by Gasteiger charge is 2.29. The van der Waals surface area contributed by atoms with Gasteiger partial charge in [0.1, 0.15) is 0 Å². The van der Waals surface area contributed by atoms with Crippen molar-refractivity contribution in [2.45, 2.75) is 32.0 Å². The maximum Gasteiger partial charge on any atom is 0.416 e. The third-order valence-corrected chi connectivity index (χ3v) is 3.50. The smallest absolute Gasteiger partial charge is 0.381 e. The second-order valence-corrected chi connectivity index (χ2v) is 5.26. The molecule has 0 saturated carbocycles. The minimum Gasteiger partial charge on any atom is -0.381 e. The largest absolute Gasteiger partial charge is 0.416 e. The number of nitrogens with one attached hydrogen (secondary N) is 1. The number of alkyl halides is 3. The summed E-state index contributed by atoms with van der Waals surface area (Å²) in [4.78, 5) is 11.8. The summed E-state index contributed by atoms with van der Waals surface area (Å²) in [7, 11) is 0. The average Bonchev–Trinajstić information content (AvgIpc) is 2.46. The zero-order chi connectivity index (χ0) is 15.3. The van der Waals surface area contributed by atoms with Crippen LogP contribution in [0.1, 0.15) is 30.4 Å². The predicted molar refractivity (Wildman–Crippen MR) is 71.5 cm³/mol. The van der Waals surface area contributed by atoms with E-state index in [4.69, 9.17) is 4.74 Å². The van der Waals surface area contributed by atoms with Crippen LogP contribution in [0.4, 0.5) is 13.2 Å². The fourth-order valence-corrected chi connectivity index (χ4v) is 2.31. The normalized spacial score (nSPS) is 19.3. The number of rotatable bonds is 4. The van der Waals surface area contributed by atoms with Gasteiger partial charge >= 0.3 is 6.18 Å². The molecule has 0 aromatic heterocycles. The van der Waals surface area contributed by atoms with E-state index in [9.17, 15) is 18.0 Å². The first-order valence-electron chi connectivity index (χ1n) is 6.96. The Morgan fingerprint density at radius 2 is 2.00 bits per heavy atom. The second kappa shape index (κ2) is 6.93. The Labute approximate surface area is 121 Å². The van der Waals surface area contributed by atoms with Gasteiger partial charge in [0.05, 0.1) is 5.56 Å². The van der Waals surface area contributed by atoms with Crippen molar-refractivity contribution in [3.05, 3.63) is 35.4 Å². The highest BCUT2D eigenvalue weighted by molar-refractivity contribution is 5.76. The van der Waals surface area contributed by atoms with Gasteiger partial charge in [0, 0.05) is 26.2 Å². The molecule has 116 valence electrons. The van der Waals surface area contributed by atoms with Crippen LogP contribution in [0.2, 0.25) is 0 Å². The summed E-state index contributed by atoms with van der Waals surface area (Å²) >= 11 is 0. The van der Waals surface area contributed by atoms with Gasteiger partial charge in [0.15, 0.2) is 0 Å². The molecule has 0 unspecified atom stereocenters. The molecule has 3 nitrogen and oxygen atoms in total. The highest BCUT2D eigenvalue weighted by atomic mass is 19.4. The molecule has 1 N–H and O–H groups in total. The van der Waals surface area contributed by atoms with E-state index in [1.54, 1.807) is 0 Å². The first kappa shape index (κ1) is 15.8. The van der Waals surface area contributed by atoms with Crippen LogP contribution in [0, 0.1) is 5.92 Å². The topological polar surface area (TPSA) is 38.3 Å². The maximum absolute atomic E-state index is 12.4. The molecule has 1 atom stereocenters. The summed E-state index contributed by atoms with van der Waals surface area (Å²) in [5, 5.41) is 2.73. The quantitative estimate of drug-likeness (QED) is 0.928. The molecule has 1 aliphatic rings. The van der Waals surface area contributed by atoms with Crippen molar-refractivity contribution in [1.29, 1.82) is 0 Å². The Balaban J connectivity index is 1.78. The van der Waals surface area contributed by atoms with Crippen molar-refractivity contribution in [2.24, 2.45) is 5.92 Å². The van der Waals surface area contributed by atoms with Crippen LogP contribution in [0.25, 0.3) is 0 Å². The molecule has 0 aliphatic carbocycles. The molecule has 21 heavy (non-hydrogen) atoms. The van der Waals surface area contributed by atoms with Crippen LogP contribution in [0.3, 0.4) is 0 Å². The van der Waals surface area contributed by atoms with Gasteiger partial charge in [-0.2, -0.15) is 13.2 Å². The Bertz CT molecular complexity index is 465. The number of halogens is 3. The third-order valence-electron chi connectivity index (χ3n) is 3.50. The number of hydrogen-bond acceptors (Lipinski definition) is 2. The van der Waals surface area contributed by atoms with E-state index in [1.165, 1.54) is 12.1 Å². The first-order valence-corrected chi connectivity index (χ1v) is 6.96. The summed E-state index contributed by atoms with van der Waals surface area (Å²) < 4.78 is 42.5. The van der Waals surface area contributed by atoms with Gasteiger partial charge < -0.3 is 10.1 Å².